The standard InChI is InChI=1S/C9H8N2O/c10-6-8(7-12)5-9-3-1-2-4-11-9/h1-4,7-8H,5H2. The number of carbonyl (C=O) groups is 1. The fourth-order valence-corrected chi connectivity index (χ4v) is 0.868. The van der Waals surface area contributed by atoms with E-state index in [2.05, 4.69) is 4.98 Å². The predicted octanol–water partition coefficient (Wildman–Crippen LogP) is 0.963. The van der Waals surface area contributed by atoms with Crippen molar-refractivity contribution >= 4 is 6.29 Å². The molecule has 60 valence electrons. The van der Waals surface area contributed by atoms with Crippen molar-refractivity contribution in [3.8, 4) is 6.07 Å². The van der Waals surface area contributed by atoms with Crippen molar-refractivity contribution in [1.82, 2.24) is 4.98 Å². The average Bonchev–Trinajstić information content (AvgIpc) is 2.16. The molecule has 1 rings (SSSR count). The molecule has 1 unspecified atom stereocenters. The van der Waals surface area contributed by atoms with Crippen LogP contribution in [0.4, 0.5) is 0 Å². The topological polar surface area (TPSA) is 53.8 Å². The van der Waals surface area contributed by atoms with Crippen LogP contribution in [0.3, 0.4) is 0 Å². The van der Waals surface area contributed by atoms with Gasteiger partial charge in [-0.1, -0.05) is 6.07 Å². The number of hydrogen-bond acceptors (Lipinski definition) is 3. The Bertz CT molecular complexity index is 289. The lowest BCUT2D eigenvalue weighted by Gasteiger charge is -1.98. The molecule has 1 aromatic rings. The number of aromatic nitrogens is 1. The van der Waals surface area contributed by atoms with E-state index >= 15 is 0 Å². The van der Waals surface area contributed by atoms with Gasteiger partial charge in [0.05, 0.1) is 6.07 Å². The Kier molecular flexibility index (Phi) is 2.97. The van der Waals surface area contributed by atoms with Gasteiger partial charge in [-0.3, -0.25) is 4.98 Å². The first-order valence-electron chi connectivity index (χ1n) is 3.61. The summed E-state index contributed by atoms with van der Waals surface area (Å²) in [6.45, 7) is 0. The maximum atomic E-state index is 10.3. The highest BCUT2D eigenvalue weighted by Crippen LogP contribution is 2.01. The molecule has 0 saturated heterocycles. The largest absolute Gasteiger partial charge is 0.302 e. The normalized spacial score (nSPS) is 11.6. The van der Waals surface area contributed by atoms with E-state index < -0.39 is 5.92 Å². The monoisotopic (exact) mass is 160 g/mol. The Labute approximate surface area is 70.7 Å². The van der Waals surface area contributed by atoms with Gasteiger partial charge in [0, 0.05) is 18.3 Å². The van der Waals surface area contributed by atoms with Crippen LogP contribution in [0, 0.1) is 17.2 Å². The molecule has 1 heterocycles. The Hall–Kier alpha value is -1.69. The number of pyridine rings is 1. The van der Waals surface area contributed by atoms with Crippen LogP contribution in [-0.4, -0.2) is 11.3 Å². The molecule has 1 atom stereocenters. The van der Waals surface area contributed by atoms with Gasteiger partial charge in [-0.05, 0) is 12.1 Å². The number of aldehydes is 1. The van der Waals surface area contributed by atoms with Crippen molar-refractivity contribution in [2.75, 3.05) is 0 Å². The second-order valence-electron chi connectivity index (χ2n) is 2.40. The zero-order chi connectivity index (χ0) is 8.81. The van der Waals surface area contributed by atoms with Gasteiger partial charge in [0.1, 0.15) is 12.2 Å². The van der Waals surface area contributed by atoms with Gasteiger partial charge in [0.2, 0.25) is 0 Å². The zero-order valence-electron chi connectivity index (χ0n) is 6.47. The van der Waals surface area contributed by atoms with E-state index in [9.17, 15) is 4.79 Å². The molecule has 0 aliphatic carbocycles. The van der Waals surface area contributed by atoms with Gasteiger partial charge in [0.25, 0.3) is 0 Å². The molecule has 12 heavy (non-hydrogen) atoms. The summed E-state index contributed by atoms with van der Waals surface area (Å²) >= 11 is 0. The molecule has 0 fully saturated rings. The average molecular weight is 160 g/mol. The summed E-state index contributed by atoms with van der Waals surface area (Å²) in [5.74, 6) is -0.570. The summed E-state index contributed by atoms with van der Waals surface area (Å²) in [6.07, 6.45) is 2.70. The summed E-state index contributed by atoms with van der Waals surface area (Å²) < 4.78 is 0. The van der Waals surface area contributed by atoms with Gasteiger partial charge in [-0.25, -0.2) is 0 Å². The second kappa shape index (κ2) is 4.24. The van der Waals surface area contributed by atoms with Crippen LogP contribution >= 0.6 is 0 Å². The minimum Gasteiger partial charge on any atom is -0.302 e. The maximum absolute atomic E-state index is 10.3. The number of rotatable bonds is 3. The van der Waals surface area contributed by atoms with Gasteiger partial charge in [-0.15, -0.1) is 0 Å². The SMILES string of the molecule is N#CC(C=O)Cc1ccccn1. The minimum absolute atomic E-state index is 0.404. The minimum atomic E-state index is -0.570. The van der Waals surface area contributed by atoms with E-state index in [1.807, 2.05) is 12.1 Å². The molecule has 0 aliphatic rings. The zero-order valence-corrected chi connectivity index (χ0v) is 6.47. The van der Waals surface area contributed by atoms with Crippen molar-refractivity contribution in [2.45, 2.75) is 6.42 Å². The lowest BCUT2D eigenvalue weighted by molar-refractivity contribution is -0.109. The first-order chi connectivity index (χ1) is 5.86. The number of nitrogens with zero attached hydrogens (tertiary/aromatic N) is 2. The maximum Gasteiger partial charge on any atom is 0.137 e. The highest BCUT2D eigenvalue weighted by Gasteiger charge is 2.06. The summed E-state index contributed by atoms with van der Waals surface area (Å²) in [5, 5.41) is 8.48. The van der Waals surface area contributed by atoms with E-state index in [1.165, 1.54) is 0 Å². The molecular weight excluding hydrogens is 152 g/mol. The van der Waals surface area contributed by atoms with E-state index in [0.29, 0.717) is 12.7 Å². The molecule has 0 amide bonds. The van der Waals surface area contributed by atoms with Gasteiger partial charge in [-0.2, -0.15) is 5.26 Å². The molecule has 0 aliphatic heterocycles. The van der Waals surface area contributed by atoms with Crippen LogP contribution < -0.4 is 0 Å². The van der Waals surface area contributed by atoms with E-state index in [1.54, 1.807) is 18.3 Å². The molecular formula is C9H8N2O. The first kappa shape index (κ1) is 8.41. The summed E-state index contributed by atoms with van der Waals surface area (Å²) in [7, 11) is 0. The van der Waals surface area contributed by atoms with Crippen molar-refractivity contribution in [2.24, 2.45) is 5.92 Å². The summed E-state index contributed by atoms with van der Waals surface area (Å²) in [4.78, 5) is 14.3. The fourth-order valence-electron chi connectivity index (χ4n) is 0.868. The van der Waals surface area contributed by atoms with Crippen molar-refractivity contribution < 1.29 is 4.79 Å². The van der Waals surface area contributed by atoms with E-state index in [-0.39, 0.29) is 0 Å². The molecule has 0 bridgehead atoms. The van der Waals surface area contributed by atoms with Crippen molar-refractivity contribution in [3.63, 3.8) is 0 Å². The molecule has 3 heteroatoms. The van der Waals surface area contributed by atoms with Crippen LogP contribution in [0.5, 0.6) is 0 Å². The van der Waals surface area contributed by atoms with Gasteiger partial charge in [0.15, 0.2) is 0 Å². The van der Waals surface area contributed by atoms with Crippen LogP contribution in [0.15, 0.2) is 24.4 Å². The Morgan fingerprint density at radius 3 is 3.00 bits per heavy atom. The Morgan fingerprint density at radius 1 is 1.67 bits per heavy atom. The van der Waals surface area contributed by atoms with Gasteiger partial charge < -0.3 is 4.79 Å². The molecule has 0 saturated carbocycles. The molecule has 0 N–H and O–H groups in total. The summed E-state index contributed by atoms with van der Waals surface area (Å²) in [6, 6.07) is 7.32. The fraction of sp³-hybridized carbons (Fsp3) is 0.222. The Balaban J connectivity index is 2.64. The number of carbonyl (C=O) groups excluding carboxylic acids is 1. The molecule has 0 radical (unpaired) electrons. The lowest BCUT2D eigenvalue weighted by atomic mass is 10.1. The van der Waals surface area contributed by atoms with Crippen molar-refractivity contribution in [1.29, 1.82) is 5.26 Å². The molecule has 1 aromatic heterocycles. The number of nitriles is 1. The molecule has 0 aromatic carbocycles. The Morgan fingerprint density at radius 2 is 2.50 bits per heavy atom. The lowest BCUT2D eigenvalue weighted by Crippen LogP contribution is -2.03. The van der Waals surface area contributed by atoms with Gasteiger partial charge >= 0.3 is 0 Å². The van der Waals surface area contributed by atoms with Crippen molar-refractivity contribution in [3.05, 3.63) is 30.1 Å². The smallest absolute Gasteiger partial charge is 0.137 e. The third-order valence-corrected chi connectivity index (χ3v) is 1.49. The predicted molar refractivity (Wildman–Crippen MR) is 43.1 cm³/mol. The second-order valence-corrected chi connectivity index (χ2v) is 2.40. The third kappa shape index (κ3) is 2.17. The third-order valence-electron chi connectivity index (χ3n) is 1.49. The quantitative estimate of drug-likeness (QED) is 0.619. The van der Waals surface area contributed by atoms with Crippen LogP contribution in [-0.2, 0) is 11.2 Å². The van der Waals surface area contributed by atoms with Crippen LogP contribution in [0.2, 0.25) is 0 Å². The van der Waals surface area contributed by atoms with Crippen LogP contribution in [0.25, 0.3) is 0 Å². The molecule has 0 spiro atoms. The number of hydrogen-bond donors (Lipinski definition) is 0. The van der Waals surface area contributed by atoms with Crippen LogP contribution in [0.1, 0.15) is 5.69 Å². The van der Waals surface area contributed by atoms with E-state index in [0.717, 1.165) is 5.69 Å². The summed E-state index contributed by atoms with van der Waals surface area (Å²) in [5.41, 5.74) is 0.774. The van der Waals surface area contributed by atoms with E-state index in [4.69, 9.17) is 5.26 Å². The molecule has 3 nitrogen and oxygen atoms in total. The highest BCUT2D eigenvalue weighted by molar-refractivity contribution is 5.58. The first-order valence-corrected chi connectivity index (χ1v) is 3.61. The highest BCUT2D eigenvalue weighted by atomic mass is 16.1.